The highest BCUT2D eigenvalue weighted by molar-refractivity contribution is 5.65. The molecule has 140 valence electrons. The molecule has 1 aliphatic carbocycles. The first-order valence-electron chi connectivity index (χ1n) is 10.9. The van der Waals surface area contributed by atoms with Crippen molar-refractivity contribution in [2.24, 2.45) is 5.92 Å². The monoisotopic (exact) mass is 365 g/mol. The third-order valence-corrected chi connectivity index (χ3v) is 7.58. The topological polar surface area (TPSA) is 3.24 Å². The van der Waals surface area contributed by atoms with Crippen molar-refractivity contribution >= 4 is 5.69 Å². The van der Waals surface area contributed by atoms with Gasteiger partial charge in [-0.3, -0.25) is 0 Å². The van der Waals surface area contributed by atoms with Crippen molar-refractivity contribution in [2.75, 3.05) is 4.90 Å². The molecule has 5 atom stereocenters. The lowest BCUT2D eigenvalue weighted by Crippen LogP contribution is -2.51. The molecule has 0 unspecified atom stereocenters. The van der Waals surface area contributed by atoms with Crippen molar-refractivity contribution in [3.63, 3.8) is 0 Å². The predicted molar refractivity (Wildman–Crippen MR) is 116 cm³/mol. The summed E-state index contributed by atoms with van der Waals surface area (Å²) in [4.78, 5) is 2.83. The van der Waals surface area contributed by atoms with Gasteiger partial charge in [0.15, 0.2) is 0 Å². The molecular weight excluding hydrogens is 338 g/mol. The van der Waals surface area contributed by atoms with Crippen LogP contribution < -0.4 is 4.90 Å². The summed E-state index contributed by atoms with van der Waals surface area (Å²) in [5, 5.41) is 0. The van der Waals surface area contributed by atoms with Gasteiger partial charge >= 0.3 is 0 Å². The standard InChI is InChI=1S/C27H27N/c1-3-10-19(11-4-1)24-18-26(20-12-5-2-6-13-20)28-25-17-8-7-14-21(25)22-15-9-16-23(24)27(22)28/h1-8,10-14,17,22-24,26-27H,9,15-16,18H2/t22-,23-,24+,26-,27-/m1/s1. The van der Waals surface area contributed by atoms with E-state index in [1.165, 1.54) is 36.9 Å². The van der Waals surface area contributed by atoms with Gasteiger partial charge in [0.1, 0.15) is 0 Å². The van der Waals surface area contributed by atoms with E-state index < -0.39 is 0 Å². The molecule has 2 heterocycles. The number of piperidine rings is 1. The fourth-order valence-corrected chi connectivity index (χ4v) is 6.55. The van der Waals surface area contributed by atoms with Crippen LogP contribution in [0.25, 0.3) is 0 Å². The van der Waals surface area contributed by atoms with Crippen LogP contribution in [0, 0.1) is 5.92 Å². The summed E-state index contributed by atoms with van der Waals surface area (Å²) in [7, 11) is 0. The number of hydrogen-bond donors (Lipinski definition) is 0. The zero-order valence-corrected chi connectivity index (χ0v) is 16.2. The minimum absolute atomic E-state index is 0.469. The van der Waals surface area contributed by atoms with E-state index in [2.05, 4.69) is 89.8 Å². The van der Waals surface area contributed by atoms with Gasteiger partial charge in [-0.1, -0.05) is 85.3 Å². The van der Waals surface area contributed by atoms with Crippen molar-refractivity contribution < 1.29 is 0 Å². The third kappa shape index (κ3) is 2.38. The van der Waals surface area contributed by atoms with E-state index in [9.17, 15) is 0 Å². The molecule has 0 bridgehead atoms. The van der Waals surface area contributed by atoms with Crippen molar-refractivity contribution in [1.82, 2.24) is 0 Å². The second kappa shape index (κ2) is 6.51. The van der Waals surface area contributed by atoms with Gasteiger partial charge in [-0.15, -0.1) is 0 Å². The highest BCUT2D eigenvalue weighted by atomic mass is 15.2. The Kier molecular flexibility index (Phi) is 3.82. The number of nitrogens with zero attached hydrogens (tertiary/aromatic N) is 1. The number of fused-ring (bicyclic) bond motifs is 3. The van der Waals surface area contributed by atoms with Crippen LogP contribution in [0.5, 0.6) is 0 Å². The van der Waals surface area contributed by atoms with E-state index in [1.807, 2.05) is 0 Å². The summed E-state index contributed by atoms with van der Waals surface area (Å²) in [5.74, 6) is 2.12. The first kappa shape index (κ1) is 16.4. The Balaban J connectivity index is 1.52. The summed E-state index contributed by atoms with van der Waals surface area (Å²) in [6.45, 7) is 0. The van der Waals surface area contributed by atoms with Crippen LogP contribution in [0.2, 0.25) is 0 Å². The normalized spacial score (nSPS) is 30.6. The molecule has 1 heteroatoms. The molecule has 1 saturated heterocycles. The van der Waals surface area contributed by atoms with Crippen LogP contribution in [0.3, 0.4) is 0 Å². The lowest BCUT2D eigenvalue weighted by Gasteiger charge is -2.52. The van der Waals surface area contributed by atoms with Crippen LogP contribution in [0.15, 0.2) is 84.9 Å². The van der Waals surface area contributed by atoms with E-state index in [-0.39, 0.29) is 0 Å². The molecule has 6 rings (SSSR count). The maximum atomic E-state index is 2.83. The summed E-state index contributed by atoms with van der Waals surface area (Å²) >= 11 is 0. The first-order chi connectivity index (χ1) is 13.9. The molecule has 3 aliphatic rings. The molecule has 28 heavy (non-hydrogen) atoms. The van der Waals surface area contributed by atoms with Crippen LogP contribution in [-0.2, 0) is 0 Å². The minimum Gasteiger partial charge on any atom is -0.360 e. The summed E-state index contributed by atoms with van der Waals surface area (Å²) in [6, 6.07) is 33.0. The average molecular weight is 366 g/mol. The van der Waals surface area contributed by atoms with E-state index in [1.54, 1.807) is 11.1 Å². The highest BCUT2D eigenvalue weighted by Crippen LogP contribution is 2.60. The number of hydrogen-bond acceptors (Lipinski definition) is 1. The number of benzene rings is 3. The smallest absolute Gasteiger partial charge is 0.0551 e. The molecule has 0 aromatic heterocycles. The SMILES string of the molecule is c1ccc([C@H]2C[C@@H](c3ccccc3)[C@H]3CCC[C@@H]4c5ccccc5N2[C@@H]34)cc1. The predicted octanol–water partition coefficient (Wildman–Crippen LogP) is 6.69. The molecule has 2 fully saturated rings. The lowest BCUT2D eigenvalue weighted by molar-refractivity contribution is 0.176. The molecule has 0 N–H and O–H groups in total. The van der Waals surface area contributed by atoms with Gasteiger partial charge in [0.05, 0.1) is 6.04 Å². The molecule has 1 saturated carbocycles. The molecule has 1 nitrogen and oxygen atoms in total. The van der Waals surface area contributed by atoms with Gasteiger partial charge in [-0.05, 0) is 53.9 Å². The zero-order valence-electron chi connectivity index (χ0n) is 16.2. The quantitative estimate of drug-likeness (QED) is 0.489. The van der Waals surface area contributed by atoms with Crippen LogP contribution in [0.1, 0.15) is 60.3 Å². The molecule has 0 radical (unpaired) electrons. The van der Waals surface area contributed by atoms with Crippen LogP contribution >= 0.6 is 0 Å². The fourth-order valence-electron chi connectivity index (χ4n) is 6.55. The molecule has 0 amide bonds. The number of para-hydroxylation sites is 1. The average Bonchev–Trinajstić information content (AvgIpc) is 3.12. The maximum absolute atomic E-state index is 2.83. The van der Waals surface area contributed by atoms with Gasteiger partial charge in [-0.25, -0.2) is 0 Å². The lowest BCUT2D eigenvalue weighted by atomic mass is 9.64. The maximum Gasteiger partial charge on any atom is 0.0551 e. The van der Waals surface area contributed by atoms with E-state index in [0.29, 0.717) is 23.9 Å². The summed E-state index contributed by atoms with van der Waals surface area (Å²) in [6.07, 6.45) is 5.30. The Bertz CT molecular complexity index is 964. The first-order valence-corrected chi connectivity index (χ1v) is 10.9. The van der Waals surface area contributed by atoms with E-state index in [4.69, 9.17) is 0 Å². The molecule has 2 aliphatic heterocycles. The Morgan fingerprint density at radius 2 is 1.32 bits per heavy atom. The summed E-state index contributed by atoms with van der Waals surface area (Å²) < 4.78 is 0. The van der Waals surface area contributed by atoms with Crippen LogP contribution in [-0.4, -0.2) is 6.04 Å². The van der Waals surface area contributed by atoms with Crippen LogP contribution in [0.4, 0.5) is 5.69 Å². The van der Waals surface area contributed by atoms with Gasteiger partial charge < -0.3 is 4.90 Å². The molecule has 0 spiro atoms. The largest absolute Gasteiger partial charge is 0.360 e. The Morgan fingerprint density at radius 3 is 2.11 bits per heavy atom. The highest BCUT2D eigenvalue weighted by Gasteiger charge is 2.53. The Labute approximate surface area is 168 Å². The third-order valence-electron chi connectivity index (χ3n) is 7.58. The van der Waals surface area contributed by atoms with E-state index in [0.717, 1.165) is 5.92 Å². The Hall–Kier alpha value is -2.54. The number of rotatable bonds is 2. The fraction of sp³-hybridized carbons (Fsp3) is 0.333. The van der Waals surface area contributed by atoms with Gasteiger partial charge in [0.2, 0.25) is 0 Å². The van der Waals surface area contributed by atoms with Gasteiger partial charge in [0.25, 0.3) is 0 Å². The van der Waals surface area contributed by atoms with Gasteiger partial charge in [0, 0.05) is 17.6 Å². The summed E-state index contributed by atoms with van der Waals surface area (Å²) in [5.41, 5.74) is 6.13. The van der Waals surface area contributed by atoms with Crippen molar-refractivity contribution in [2.45, 2.75) is 49.6 Å². The van der Waals surface area contributed by atoms with Gasteiger partial charge in [-0.2, -0.15) is 0 Å². The Morgan fingerprint density at radius 1 is 0.643 bits per heavy atom. The second-order valence-electron chi connectivity index (χ2n) is 8.84. The van der Waals surface area contributed by atoms with Crippen molar-refractivity contribution in [3.05, 3.63) is 102 Å². The molecule has 3 aromatic rings. The zero-order chi connectivity index (χ0) is 18.5. The second-order valence-corrected chi connectivity index (χ2v) is 8.84. The minimum atomic E-state index is 0.469. The molecular formula is C27H27N. The molecule has 3 aromatic carbocycles. The van der Waals surface area contributed by atoms with E-state index >= 15 is 0 Å². The van der Waals surface area contributed by atoms with Crippen molar-refractivity contribution in [1.29, 1.82) is 0 Å². The van der Waals surface area contributed by atoms with Crippen molar-refractivity contribution in [3.8, 4) is 0 Å². The number of anilines is 1.